The van der Waals surface area contributed by atoms with Gasteiger partial charge in [0.25, 0.3) is 5.69 Å². The molecule has 6 aromatic rings. The van der Waals surface area contributed by atoms with Crippen molar-refractivity contribution in [1.29, 1.82) is 0 Å². The molecule has 2 heterocycles. The van der Waals surface area contributed by atoms with Crippen LogP contribution in [0.4, 0.5) is 5.69 Å². The Balaban J connectivity index is 1.41. The molecule has 6 rings (SSSR count). The van der Waals surface area contributed by atoms with E-state index in [0.717, 1.165) is 38.5 Å². The summed E-state index contributed by atoms with van der Waals surface area (Å²) in [4.78, 5) is 10.6. The van der Waals surface area contributed by atoms with Crippen LogP contribution in [0, 0.1) is 10.1 Å². The Morgan fingerprint density at radius 3 is 2.47 bits per heavy atom. The van der Waals surface area contributed by atoms with Gasteiger partial charge in [-0.05, 0) is 60.5 Å². The molecule has 0 fully saturated rings. The van der Waals surface area contributed by atoms with Crippen LogP contribution in [0.5, 0.6) is 0 Å². The maximum atomic E-state index is 11.0. The lowest BCUT2D eigenvalue weighted by atomic mass is 10.0. The zero-order valence-corrected chi connectivity index (χ0v) is 18.6. The number of benzene rings is 4. The summed E-state index contributed by atoms with van der Waals surface area (Å²) in [6, 6.07) is 29.7. The van der Waals surface area contributed by atoms with Gasteiger partial charge >= 0.3 is 0 Å². The maximum Gasteiger partial charge on any atom is 0.269 e. The molecule has 6 nitrogen and oxygen atoms in total. The summed E-state index contributed by atoms with van der Waals surface area (Å²) in [6.07, 6.45) is 2.13. The van der Waals surface area contributed by atoms with Gasteiger partial charge in [-0.3, -0.25) is 10.1 Å². The number of furan rings is 1. The van der Waals surface area contributed by atoms with Crippen LogP contribution in [-0.4, -0.2) is 9.49 Å². The van der Waals surface area contributed by atoms with Gasteiger partial charge in [-0.2, -0.15) is 0 Å². The van der Waals surface area contributed by atoms with Gasteiger partial charge in [0.15, 0.2) is 11.0 Å². The van der Waals surface area contributed by atoms with Crippen LogP contribution in [-0.2, 0) is 6.54 Å². The van der Waals surface area contributed by atoms with Crippen LogP contribution >= 0.6 is 0 Å². The summed E-state index contributed by atoms with van der Waals surface area (Å²) in [7, 11) is 0. The van der Waals surface area contributed by atoms with E-state index in [1.807, 2.05) is 36.4 Å². The summed E-state index contributed by atoms with van der Waals surface area (Å²) < 4.78 is 10.5. The molecule has 0 aliphatic rings. The monoisotopic (exact) mass is 448 g/mol. The van der Waals surface area contributed by atoms with Crippen molar-refractivity contribution in [2.24, 2.45) is 0 Å². The molecular formula is C28H22N3O3+. The standard InChI is InChI=1S/C28H22N3O3/c1-19(21-12-15-28-24(16-21)23-6-2-5-9-27(23)34-28)30-18-29(25-7-3-4-8-26(25)30)17-20-10-13-22(14-11-20)31(32)33/h2-16,18-19H,17H2,1H3/q+1. The highest BCUT2D eigenvalue weighted by molar-refractivity contribution is 6.05. The van der Waals surface area contributed by atoms with Gasteiger partial charge in [0.1, 0.15) is 23.8 Å². The number of imidazole rings is 1. The van der Waals surface area contributed by atoms with E-state index in [0.29, 0.717) is 6.54 Å². The molecule has 0 spiro atoms. The van der Waals surface area contributed by atoms with Crippen LogP contribution < -0.4 is 4.57 Å². The lowest BCUT2D eigenvalue weighted by Crippen LogP contribution is -2.33. The van der Waals surface area contributed by atoms with E-state index in [1.54, 1.807) is 12.1 Å². The quantitative estimate of drug-likeness (QED) is 0.174. The van der Waals surface area contributed by atoms with Crippen LogP contribution in [0.15, 0.2) is 102 Å². The van der Waals surface area contributed by atoms with Crippen molar-refractivity contribution in [3.8, 4) is 0 Å². The summed E-state index contributed by atoms with van der Waals surface area (Å²) in [5.74, 6) is 0. The molecule has 0 aliphatic heterocycles. The fourth-order valence-electron chi connectivity index (χ4n) is 4.72. The first-order valence-electron chi connectivity index (χ1n) is 11.2. The third-order valence-electron chi connectivity index (χ3n) is 6.53. The van der Waals surface area contributed by atoms with Crippen LogP contribution in [0.2, 0.25) is 0 Å². The lowest BCUT2D eigenvalue weighted by Gasteiger charge is -2.09. The number of rotatable bonds is 5. The highest BCUT2D eigenvalue weighted by Crippen LogP contribution is 2.32. The Kier molecular flexibility index (Phi) is 4.66. The number of hydrogen-bond acceptors (Lipinski definition) is 3. The zero-order valence-electron chi connectivity index (χ0n) is 18.6. The Labute approximate surface area is 195 Å². The molecule has 1 atom stereocenters. The van der Waals surface area contributed by atoms with E-state index in [4.69, 9.17) is 4.42 Å². The number of fused-ring (bicyclic) bond motifs is 4. The third kappa shape index (κ3) is 3.31. The minimum absolute atomic E-state index is 0.0982. The minimum atomic E-state index is -0.371. The van der Waals surface area contributed by atoms with E-state index in [2.05, 4.69) is 64.8 Å². The van der Waals surface area contributed by atoms with Gasteiger partial charge in [0.2, 0.25) is 6.33 Å². The summed E-state index contributed by atoms with van der Waals surface area (Å²) in [6.45, 7) is 2.83. The van der Waals surface area contributed by atoms with E-state index in [1.165, 1.54) is 5.56 Å². The van der Waals surface area contributed by atoms with Crippen molar-refractivity contribution >= 4 is 38.7 Å². The Morgan fingerprint density at radius 1 is 0.912 bits per heavy atom. The largest absolute Gasteiger partial charge is 0.456 e. The van der Waals surface area contributed by atoms with Crippen molar-refractivity contribution in [2.45, 2.75) is 19.5 Å². The molecule has 0 amide bonds. The van der Waals surface area contributed by atoms with E-state index in [9.17, 15) is 10.1 Å². The van der Waals surface area contributed by atoms with Gasteiger partial charge < -0.3 is 4.42 Å². The van der Waals surface area contributed by atoms with Crippen molar-refractivity contribution < 1.29 is 13.9 Å². The molecule has 1 unspecified atom stereocenters. The molecular weight excluding hydrogens is 426 g/mol. The Hall–Kier alpha value is -4.45. The molecule has 0 bridgehead atoms. The summed E-state index contributed by atoms with van der Waals surface area (Å²) >= 11 is 0. The number of non-ortho nitro benzene ring substituents is 1. The average molecular weight is 449 g/mol. The maximum absolute atomic E-state index is 11.0. The second-order valence-corrected chi connectivity index (χ2v) is 8.59. The number of nitrogens with zero attached hydrogens (tertiary/aromatic N) is 3. The SMILES string of the molecule is CC(c1ccc2oc3ccccc3c2c1)n1c[n+](Cc2ccc([N+](=O)[O-])cc2)c2ccccc21. The zero-order chi connectivity index (χ0) is 23.2. The lowest BCUT2D eigenvalue weighted by molar-refractivity contribution is -0.663. The fourth-order valence-corrected chi connectivity index (χ4v) is 4.72. The van der Waals surface area contributed by atoms with Gasteiger partial charge in [-0.25, -0.2) is 9.13 Å². The molecule has 166 valence electrons. The molecule has 0 N–H and O–H groups in total. The Bertz CT molecular complexity index is 1680. The van der Waals surface area contributed by atoms with E-state index < -0.39 is 0 Å². The molecule has 34 heavy (non-hydrogen) atoms. The predicted molar refractivity (Wildman–Crippen MR) is 132 cm³/mol. The molecule has 0 saturated heterocycles. The van der Waals surface area contributed by atoms with Crippen molar-refractivity contribution in [2.75, 3.05) is 0 Å². The van der Waals surface area contributed by atoms with Gasteiger partial charge in [0.05, 0.1) is 4.92 Å². The van der Waals surface area contributed by atoms with E-state index in [-0.39, 0.29) is 16.7 Å². The summed E-state index contributed by atoms with van der Waals surface area (Å²) in [5, 5.41) is 13.2. The van der Waals surface area contributed by atoms with Crippen molar-refractivity contribution in [1.82, 2.24) is 4.57 Å². The number of nitro benzene ring substituents is 1. The minimum Gasteiger partial charge on any atom is -0.456 e. The molecule has 0 aliphatic carbocycles. The average Bonchev–Trinajstić information content (AvgIpc) is 3.42. The molecule has 4 aromatic carbocycles. The van der Waals surface area contributed by atoms with E-state index >= 15 is 0 Å². The number of hydrogen-bond donors (Lipinski definition) is 0. The molecule has 6 heteroatoms. The predicted octanol–water partition coefficient (Wildman–Crippen LogP) is 6.39. The first kappa shape index (κ1) is 20.2. The smallest absolute Gasteiger partial charge is 0.269 e. The Morgan fingerprint density at radius 2 is 1.65 bits per heavy atom. The van der Waals surface area contributed by atoms with Crippen LogP contribution in [0.25, 0.3) is 33.0 Å². The second-order valence-electron chi connectivity index (χ2n) is 8.59. The first-order valence-corrected chi connectivity index (χ1v) is 11.2. The summed E-state index contributed by atoms with van der Waals surface area (Å²) in [5.41, 5.74) is 6.35. The topological polar surface area (TPSA) is 65.1 Å². The second kappa shape index (κ2) is 7.85. The molecule has 2 aromatic heterocycles. The van der Waals surface area contributed by atoms with Crippen molar-refractivity contribution in [3.05, 3.63) is 119 Å². The fraction of sp³-hybridized carbons (Fsp3) is 0.107. The highest BCUT2D eigenvalue weighted by Gasteiger charge is 2.22. The van der Waals surface area contributed by atoms with Crippen LogP contribution in [0.1, 0.15) is 24.1 Å². The molecule has 0 radical (unpaired) electrons. The van der Waals surface area contributed by atoms with Crippen LogP contribution in [0.3, 0.4) is 0 Å². The number of aromatic nitrogens is 2. The number of para-hydroxylation sites is 3. The third-order valence-corrected chi connectivity index (χ3v) is 6.53. The highest BCUT2D eigenvalue weighted by atomic mass is 16.6. The molecule has 0 saturated carbocycles. The van der Waals surface area contributed by atoms with Crippen molar-refractivity contribution in [3.63, 3.8) is 0 Å². The number of nitro groups is 1. The van der Waals surface area contributed by atoms with Gasteiger partial charge in [0, 0.05) is 22.9 Å². The first-order chi connectivity index (χ1) is 16.6. The van der Waals surface area contributed by atoms with Gasteiger partial charge in [-0.15, -0.1) is 0 Å². The van der Waals surface area contributed by atoms with Gasteiger partial charge in [-0.1, -0.05) is 36.4 Å². The normalized spacial score (nSPS) is 12.5.